The number of amides is 1. The highest BCUT2D eigenvalue weighted by molar-refractivity contribution is 5.97. The molecule has 1 amide bonds. The van der Waals surface area contributed by atoms with Crippen LogP contribution in [-0.2, 0) is 4.79 Å². The van der Waals surface area contributed by atoms with Gasteiger partial charge in [0.25, 0.3) is 5.91 Å². The van der Waals surface area contributed by atoms with Gasteiger partial charge in [-0.2, -0.15) is 0 Å². The summed E-state index contributed by atoms with van der Waals surface area (Å²) in [6.45, 7) is 0. The van der Waals surface area contributed by atoms with Gasteiger partial charge in [0.05, 0.1) is 11.3 Å². The first kappa shape index (κ1) is 22.2. The van der Waals surface area contributed by atoms with Gasteiger partial charge in [-0.3, -0.25) is 14.4 Å². The fraction of sp³-hybridized carbons (Fsp3) is 0.214. The van der Waals surface area contributed by atoms with Crippen LogP contribution >= 0.6 is 0 Å². The largest absolute Gasteiger partial charge is 0.481 e. The predicted molar refractivity (Wildman–Crippen MR) is 132 cm³/mol. The number of aliphatic carboxylic acids is 1. The van der Waals surface area contributed by atoms with Gasteiger partial charge in [0, 0.05) is 29.7 Å². The van der Waals surface area contributed by atoms with Crippen LogP contribution in [-0.4, -0.2) is 32.6 Å². The zero-order valence-electron chi connectivity index (χ0n) is 19.1. The Morgan fingerprint density at radius 2 is 1.92 bits per heavy atom. The molecule has 7 nitrogen and oxygen atoms in total. The van der Waals surface area contributed by atoms with E-state index < -0.39 is 23.6 Å². The average Bonchev–Trinajstić information content (AvgIpc) is 3.80. The molecule has 8 heteroatoms. The minimum absolute atomic E-state index is 0.0285. The van der Waals surface area contributed by atoms with Crippen molar-refractivity contribution in [2.45, 2.75) is 31.2 Å². The molecule has 2 aliphatic carbocycles. The normalized spacial score (nSPS) is 18.7. The number of hydrogen-bond acceptors (Lipinski definition) is 4. The van der Waals surface area contributed by atoms with E-state index in [1.54, 1.807) is 59.3 Å². The number of carboxylic acid groups (broad SMARTS) is 1. The second-order valence-electron chi connectivity index (χ2n) is 9.44. The van der Waals surface area contributed by atoms with Crippen molar-refractivity contribution in [3.63, 3.8) is 0 Å². The third-order valence-corrected chi connectivity index (χ3v) is 6.88. The lowest BCUT2D eigenvalue weighted by Gasteiger charge is -2.14. The topological polar surface area (TPSA) is 101 Å². The molecule has 0 aliphatic heterocycles. The van der Waals surface area contributed by atoms with Gasteiger partial charge in [0.1, 0.15) is 17.0 Å². The number of rotatable bonds is 6. The molecule has 2 unspecified atom stereocenters. The molecule has 0 spiro atoms. The van der Waals surface area contributed by atoms with Crippen molar-refractivity contribution < 1.29 is 19.1 Å². The highest BCUT2D eigenvalue weighted by atomic mass is 19.1. The summed E-state index contributed by atoms with van der Waals surface area (Å²) in [5.41, 5.74) is 2.32. The summed E-state index contributed by atoms with van der Waals surface area (Å²) in [6.07, 6.45) is 5.39. The highest BCUT2D eigenvalue weighted by Crippen LogP contribution is 2.48. The Bertz CT molecular complexity index is 1610. The van der Waals surface area contributed by atoms with Crippen LogP contribution in [0.1, 0.15) is 41.1 Å². The molecule has 0 bridgehead atoms. The summed E-state index contributed by atoms with van der Waals surface area (Å²) >= 11 is 0. The van der Waals surface area contributed by atoms with Gasteiger partial charge in [0.2, 0.25) is 5.43 Å². The first-order valence-corrected chi connectivity index (χ1v) is 11.8. The Hall–Kier alpha value is -4.33. The van der Waals surface area contributed by atoms with E-state index >= 15 is 4.39 Å². The molecule has 0 radical (unpaired) electrons. The number of carbonyl (C=O) groups is 2. The van der Waals surface area contributed by atoms with Crippen LogP contribution in [0.15, 0.2) is 71.8 Å². The Morgan fingerprint density at radius 3 is 2.64 bits per heavy atom. The molecule has 2 aliphatic rings. The summed E-state index contributed by atoms with van der Waals surface area (Å²) in [5, 5.41) is 12.4. The van der Waals surface area contributed by atoms with Crippen molar-refractivity contribution in [1.29, 1.82) is 0 Å². The molecular formula is C28H22FN3O4. The third kappa shape index (κ3) is 3.94. The highest BCUT2D eigenvalue weighted by Gasteiger charge is 2.44. The molecule has 2 saturated carbocycles. The van der Waals surface area contributed by atoms with Crippen molar-refractivity contribution in [2.75, 3.05) is 0 Å². The maximum atomic E-state index is 15.1. The number of carboxylic acids is 1. The molecule has 6 rings (SSSR count). The summed E-state index contributed by atoms with van der Waals surface area (Å²) < 4.78 is 16.8. The molecule has 180 valence electrons. The van der Waals surface area contributed by atoms with Gasteiger partial charge < -0.3 is 15.0 Å². The van der Waals surface area contributed by atoms with Crippen molar-refractivity contribution in [2.24, 2.45) is 5.92 Å². The standard InChI is InChI=1S/C28H22FN3O4/c29-24-12-16(21-13-22(21)28(35)36)6-9-19(24)15-3-1-4-18(11-15)32-14-23(27(34)31-17-7-8-17)25(33)20-5-2-10-30-26(20)32/h1-6,9-12,14,17,21-22H,7-8,13H2,(H,31,34)(H,35,36). The molecule has 2 heterocycles. The molecule has 2 atom stereocenters. The van der Waals surface area contributed by atoms with Crippen molar-refractivity contribution in [3.8, 4) is 16.8 Å². The smallest absolute Gasteiger partial charge is 0.307 e. The van der Waals surface area contributed by atoms with E-state index in [4.69, 9.17) is 0 Å². The van der Waals surface area contributed by atoms with E-state index in [0.29, 0.717) is 39.8 Å². The SMILES string of the molecule is O=C(NC1CC1)c1cn(-c2cccc(-c3ccc(C4CC4C(=O)O)cc3F)c2)c2ncccc2c1=O. The van der Waals surface area contributed by atoms with Crippen molar-refractivity contribution in [3.05, 3.63) is 94.2 Å². The summed E-state index contributed by atoms with van der Waals surface area (Å²) in [6, 6.07) is 15.4. The van der Waals surface area contributed by atoms with E-state index in [2.05, 4.69) is 10.3 Å². The Kier molecular flexibility index (Phi) is 5.17. The lowest BCUT2D eigenvalue weighted by Crippen LogP contribution is -2.31. The Balaban J connectivity index is 1.41. The second-order valence-corrected chi connectivity index (χ2v) is 9.44. The molecule has 2 aromatic heterocycles. The number of carbonyl (C=O) groups excluding carboxylic acids is 1. The minimum atomic E-state index is -0.857. The number of halogens is 1. The quantitative estimate of drug-likeness (QED) is 0.427. The van der Waals surface area contributed by atoms with Crippen LogP contribution in [0.25, 0.3) is 27.8 Å². The van der Waals surface area contributed by atoms with E-state index in [-0.39, 0.29) is 23.0 Å². The van der Waals surface area contributed by atoms with Crippen molar-refractivity contribution in [1.82, 2.24) is 14.9 Å². The van der Waals surface area contributed by atoms with Crippen LogP contribution in [0.2, 0.25) is 0 Å². The van der Waals surface area contributed by atoms with Crippen LogP contribution in [0, 0.1) is 11.7 Å². The molecule has 4 aromatic rings. The maximum absolute atomic E-state index is 15.1. The van der Waals surface area contributed by atoms with Gasteiger partial charge in [0.15, 0.2) is 0 Å². The van der Waals surface area contributed by atoms with E-state index in [1.807, 2.05) is 0 Å². The van der Waals surface area contributed by atoms with E-state index in [9.17, 15) is 19.5 Å². The summed E-state index contributed by atoms with van der Waals surface area (Å²) in [5.74, 6) is -2.32. The molecular weight excluding hydrogens is 461 g/mol. The van der Waals surface area contributed by atoms with E-state index in [0.717, 1.165) is 12.8 Å². The van der Waals surface area contributed by atoms with Crippen LogP contribution in [0.3, 0.4) is 0 Å². The van der Waals surface area contributed by atoms with Gasteiger partial charge in [-0.25, -0.2) is 9.37 Å². The van der Waals surface area contributed by atoms with Crippen molar-refractivity contribution >= 4 is 22.9 Å². The Morgan fingerprint density at radius 1 is 1.08 bits per heavy atom. The number of hydrogen-bond donors (Lipinski definition) is 2. The lowest BCUT2D eigenvalue weighted by atomic mass is 10.00. The molecule has 2 aromatic carbocycles. The Labute approximate surface area is 205 Å². The number of nitrogens with zero attached hydrogens (tertiary/aromatic N) is 2. The first-order valence-electron chi connectivity index (χ1n) is 11.8. The van der Waals surface area contributed by atoms with Gasteiger partial charge in [-0.05, 0) is 66.6 Å². The zero-order chi connectivity index (χ0) is 25.0. The number of fused-ring (bicyclic) bond motifs is 1. The second kappa shape index (κ2) is 8.41. The van der Waals surface area contributed by atoms with Gasteiger partial charge in [-0.1, -0.05) is 24.3 Å². The number of pyridine rings is 2. The number of benzene rings is 2. The molecule has 2 N–H and O–H groups in total. The summed E-state index contributed by atoms with van der Waals surface area (Å²) in [7, 11) is 0. The van der Waals surface area contributed by atoms with Crippen LogP contribution in [0.5, 0.6) is 0 Å². The van der Waals surface area contributed by atoms with Gasteiger partial charge in [-0.15, -0.1) is 0 Å². The molecule has 36 heavy (non-hydrogen) atoms. The lowest BCUT2D eigenvalue weighted by molar-refractivity contribution is -0.138. The fourth-order valence-electron chi connectivity index (χ4n) is 4.67. The number of nitrogens with one attached hydrogen (secondary N) is 1. The van der Waals surface area contributed by atoms with E-state index in [1.165, 1.54) is 12.3 Å². The van der Waals surface area contributed by atoms with Crippen LogP contribution in [0.4, 0.5) is 4.39 Å². The zero-order valence-corrected chi connectivity index (χ0v) is 19.1. The maximum Gasteiger partial charge on any atom is 0.307 e. The van der Waals surface area contributed by atoms with Gasteiger partial charge >= 0.3 is 5.97 Å². The minimum Gasteiger partial charge on any atom is -0.481 e. The fourth-order valence-corrected chi connectivity index (χ4v) is 4.67. The third-order valence-electron chi connectivity index (χ3n) is 6.88. The average molecular weight is 483 g/mol. The molecule has 0 saturated heterocycles. The van der Waals surface area contributed by atoms with Crippen LogP contribution < -0.4 is 10.7 Å². The summed E-state index contributed by atoms with van der Waals surface area (Å²) in [4.78, 5) is 41.4. The monoisotopic (exact) mass is 483 g/mol. The predicted octanol–water partition coefficient (Wildman–Crippen LogP) is 4.27. The first-order chi connectivity index (χ1) is 17.4. The molecule has 2 fully saturated rings. The number of aromatic nitrogens is 2.